The van der Waals surface area contributed by atoms with Crippen molar-refractivity contribution in [3.63, 3.8) is 0 Å². The number of benzene rings is 2. The molecule has 2 aromatic carbocycles. The number of amides is 2. The SMILES string of the molecule is O=C(Nc1cccc(-c2cc3c(o2)CCN(C(=O)C2CCC2)C3)c1)c1cccc(F)c1. The highest BCUT2D eigenvalue weighted by atomic mass is 19.1. The van der Waals surface area contributed by atoms with Gasteiger partial charge in [-0.2, -0.15) is 0 Å². The Morgan fingerprint density at radius 3 is 2.68 bits per heavy atom. The third-order valence-corrected chi connectivity index (χ3v) is 6.12. The molecule has 158 valence electrons. The lowest BCUT2D eigenvalue weighted by atomic mass is 9.84. The lowest BCUT2D eigenvalue weighted by Crippen LogP contribution is -2.41. The number of rotatable bonds is 4. The van der Waals surface area contributed by atoms with Crippen molar-refractivity contribution in [2.45, 2.75) is 32.2 Å². The number of halogens is 1. The van der Waals surface area contributed by atoms with E-state index in [1.807, 2.05) is 29.2 Å². The Hall–Kier alpha value is -3.41. The minimum Gasteiger partial charge on any atom is -0.461 e. The van der Waals surface area contributed by atoms with Crippen LogP contribution in [0.1, 0.15) is 40.9 Å². The van der Waals surface area contributed by atoms with Crippen molar-refractivity contribution in [1.82, 2.24) is 4.90 Å². The summed E-state index contributed by atoms with van der Waals surface area (Å²) >= 11 is 0. The predicted octanol–water partition coefficient (Wildman–Crippen LogP) is 5.02. The molecular weight excluding hydrogens is 395 g/mol. The van der Waals surface area contributed by atoms with Gasteiger partial charge in [-0.1, -0.05) is 24.6 Å². The molecule has 0 bridgehead atoms. The van der Waals surface area contributed by atoms with E-state index in [2.05, 4.69) is 5.32 Å². The van der Waals surface area contributed by atoms with Gasteiger partial charge < -0.3 is 14.6 Å². The van der Waals surface area contributed by atoms with Gasteiger partial charge in [0.25, 0.3) is 5.91 Å². The molecule has 2 aliphatic rings. The Bertz CT molecular complexity index is 1150. The Balaban J connectivity index is 1.32. The van der Waals surface area contributed by atoms with Gasteiger partial charge in [0.1, 0.15) is 17.3 Å². The van der Waals surface area contributed by atoms with E-state index in [4.69, 9.17) is 4.42 Å². The Morgan fingerprint density at radius 2 is 1.90 bits per heavy atom. The summed E-state index contributed by atoms with van der Waals surface area (Å²) in [5.74, 6) is 1.27. The van der Waals surface area contributed by atoms with E-state index in [1.54, 1.807) is 12.1 Å². The van der Waals surface area contributed by atoms with Crippen molar-refractivity contribution in [3.8, 4) is 11.3 Å². The molecule has 0 spiro atoms. The monoisotopic (exact) mass is 418 g/mol. The third kappa shape index (κ3) is 3.98. The van der Waals surface area contributed by atoms with Gasteiger partial charge in [-0.05, 0) is 49.2 Å². The summed E-state index contributed by atoms with van der Waals surface area (Å²) in [6.07, 6.45) is 3.88. The molecule has 1 aliphatic carbocycles. The number of fused-ring (bicyclic) bond motifs is 1. The fraction of sp³-hybridized carbons (Fsp3) is 0.280. The first-order chi connectivity index (χ1) is 15.1. The quantitative estimate of drug-likeness (QED) is 0.647. The maximum Gasteiger partial charge on any atom is 0.255 e. The zero-order valence-corrected chi connectivity index (χ0v) is 17.1. The van der Waals surface area contributed by atoms with Crippen LogP contribution in [0.4, 0.5) is 10.1 Å². The molecule has 1 aromatic heterocycles. The summed E-state index contributed by atoms with van der Waals surface area (Å²) < 4.78 is 19.5. The molecule has 5 nitrogen and oxygen atoms in total. The van der Waals surface area contributed by atoms with Crippen molar-refractivity contribution >= 4 is 17.5 Å². The summed E-state index contributed by atoms with van der Waals surface area (Å²) in [6.45, 7) is 1.28. The topological polar surface area (TPSA) is 62.6 Å². The van der Waals surface area contributed by atoms with E-state index < -0.39 is 5.82 Å². The molecule has 1 aliphatic heterocycles. The highest BCUT2D eigenvalue weighted by Gasteiger charge is 2.32. The maximum atomic E-state index is 13.4. The average Bonchev–Trinajstić information content (AvgIpc) is 3.16. The molecule has 2 amide bonds. The second kappa shape index (κ2) is 8.02. The van der Waals surface area contributed by atoms with Crippen molar-refractivity contribution in [1.29, 1.82) is 0 Å². The number of anilines is 1. The fourth-order valence-electron chi connectivity index (χ4n) is 4.16. The number of hydrogen-bond acceptors (Lipinski definition) is 3. The summed E-state index contributed by atoms with van der Waals surface area (Å²) in [4.78, 5) is 26.9. The van der Waals surface area contributed by atoms with E-state index in [9.17, 15) is 14.0 Å². The molecule has 6 heteroatoms. The number of carbonyl (C=O) groups excluding carboxylic acids is 2. The molecule has 1 N–H and O–H groups in total. The molecule has 0 unspecified atom stereocenters. The minimum atomic E-state index is -0.451. The van der Waals surface area contributed by atoms with Crippen molar-refractivity contribution < 1.29 is 18.4 Å². The second-order valence-electron chi connectivity index (χ2n) is 8.24. The van der Waals surface area contributed by atoms with Gasteiger partial charge in [-0.25, -0.2) is 4.39 Å². The van der Waals surface area contributed by atoms with Gasteiger partial charge in [-0.3, -0.25) is 9.59 Å². The zero-order valence-electron chi connectivity index (χ0n) is 17.1. The van der Waals surface area contributed by atoms with Crippen LogP contribution in [0.25, 0.3) is 11.3 Å². The molecule has 1 saturated carbocycles. The van der Waals surface area contributed by atoms with Crippen LogP contribution in [0, 0.1) is 11.7 Å². The molecular formula is C25H23FN2O3. The highest BCUT2D eigenvalue weighted by molar-refractivity contribution is 6.04. The van der Waals surface area contributed by atoms with Crippen molar-refractivity contribution in [3.05, 3.63) is 77.3 Å². The smallest absolute Gasteiger partial charge is 0.255 e. The number of hydrogen-bond donors (Lipinski definition) is 1. The Labute approximate surface area is 179 Å². The standard InChI is InChI=1S/C25H23FN2O3/c26-20-8-2-7-18(12-20)24(29)27-21-9-3-6-17(13-21)23-14-19-15-28(11-10-22(19)31-23)25(30)16-4-1-5-16/h2-3,6-9,12-14,16H,1,4-5,10-11,15H2,(H,27,29). The Kier molecular flexibility index (Phi) is 5.06. The van der Waals surface area contributed by atoms with Crippen LogP contribution < -0.4 is 5.32 Å². The van der Waals surface area contributed by atoms with E-state index in [-0.39, 0.29) is 23.3 Å². The molecule has 2 heterocycles. The zero-order chi connectivity index (χ0) is 21.4. The second-order valence-corrected chi connectivity index (χ2v) is 8.24. The van der Waals surface area contributed by atoms with E-state index in [0.717, 1.165) is 36.1 Å². The van der Waals surface area contributed by atoms with Crippen LogP contribution in [0.3, 0.4) is 0 Å². The van der Waals surface area contributed by atoms with Gasteiger partial charge >= 0.3 is 0 Å². The van der Waals surface area contributed by atoms with Crippen LogP contribution in [0.5, 0.6) is 0 Å². The number of nitrogens with one attached hydrogen (secondary N) is 1. The van der Waals surface area contributed by atoms with E-state index in [1.165, 1.54) is 18.2 Å². The number of furan rings is 1. The molecule has 0 saturated heterocycles. The lowest BCUT2D eigenvalue weighted by Gasteiger charge is -2.33. The van der Waals surface area contributed by atoms with E-state index in [0.29, 0.717) is 31.0 Å². The number of nitrogens with zero attached hydrogens (tertiary/aromatic N) is 1. The summed E-state index contributed by atoms with van der Waals surface area (Å²) in [5.41, 5.74) is 2.74. The molecule has 5 rings (SSSR count). The Morgan fingerprint density at radius 1 is 1.06 bits per heavy atom. The van der Waals surface area contributed by atoms with Gasteiger partial charge in [-0.15, -0.1) is 0 Å². The largest absolute Gasteiger partial charge is 0.461 e. The van der Waals surface area contributed by atoms with Crippen molar-refractivity contribution in [2.75, 3.05) is 11.9 Å². The summed E-state index contributed by atoms with van der Waals surface area (Å²) in [7, 11) is 0. The highest BCUT2D eigenvalue weighted by Crippen LogP contribution is 2.33. The first-order valence-electron chi connectivity index (χ1n) is 10.6. The van der Waals surface area contributed by atoms with Crippen LogP contribution in [-0.2, 0) is 17.8 Å². The van der Waals surface area contributed by atoms with Crippen LogP contribution >= 0.6 is 0 Å². The van der Waals surface area contributed by atoms with Gasteiger partial charge in [0.05, 0.1) is 0 Å². The maximum absolute atomic E-state index is 13.4. The first kappa shape index (κ1) is 19.5. The average molecular weight is 418 g/mol. The molecule has 1 fully saturated rings. The van der Waals surface area contributed by atoms with Crippen molar-refractivity contribution in [2.24, 2.45) is 5.92 Å². The minimum absolute atomic E-state index is 0.200. The van der Waals surface area contributed by atoms with Gasteiger partial charge in [0.15, 0.2) is 0 Å². The molecule has 0 atom stereocenters. The molecule has 3 aromatic rings. The van der Waals surface area contributed by atoms with Gasteiger partial charge in [0.2, 0.25) is 5.91 Å². The fourth-order valence-corrected chi connectivity index (χ4v) is 4.16. The lowest BCUT2D eigenvalue weighted by molar-refractivity contribution is -0.139. The van der Waals surface area contributed by atoms with Gasteiger partial charge in [0, 0.05) is 47.8 Å². The van der Waals surface area contributed by atoms with Crippen LogP contribution in [-0.4, -0.2) is 23.3 Å². The normalized spacial score (nSPS) is 15.8. The predicted molar refractivity (Wildman–Crippen MR) is 115 cm³/mol. The third-order valence-electron chi connectivity index (χ3n) is 6.12. The molecule has 31 heavy (non-hydrogen) atoms. The summed E-state index contributed by atoms with van der Waals surface area (Å²) in [5, 5.41) is 2.80. The van der Waals surface area contributed by atoms with Crippen LogP contribution in [0.15, 0.2) is 59.0 Å². The molecule has 0 radical (unpaired) electrons. The first-order valence-corrected chi connectivity index (χ1v) is 10.6. The van der Waals surface area contributed by atoms with Crippen LogP contribution in [0.2, 0.25) is 0 Å². The number of carbonyl (C=O) groups is 2. The summed E-state index contributed by atoms with van der Waals surface area (Å²) in [6, 6.07) is 14.9. The van der Waals surface area contributed by atoms with E-state index >= 15 is 0 Å².